The second kappa shape index (κ2) is 15.8. The molecule has 0 fully saturated rings. The average molecular weight is 143 g/mol. The van der Waals surface area contributed by atoms with Gasteiger partial charge in [0.2, 0.25) is 0 Å². The molecule has 1 radical (unpaired) electrons. The Bertz CT molecular complexity index is 23.7. The fraction of sp³-hybridized carbons (Fsp3) is 1.00. The molecule has 0 aliphatic rings. The number of hydrogen-bond acceptors (Lipinski definition) is 0. The maximum atomic E-state index is 2.33. The van der Waals surface area contributed by atoms with Crippen molar-refractivity contribution in [3.8, 4) is 0 Å². The summed E-state index contributed by atoms with van der Waals surface area (Å²) in [5, 5.41) is 1.51. The molecule has 0 saturated heterocycles. The zero-order chi connectivity index (χ0) is 7.54. The van der Waals surface area contributed by atoms with Gasteiger partial charge in [-0.05, 0) is 0 Å². The lowest BCUT2D eigenvalue weighted by Gasteiger charge is -1.89. The van der Waals surface area contributed by atoms with Gasteiger partial charge in [-0.15, -0.1) is 11.1 Å². The first kappa shape index (κ1) is 12.2. The molecule has 1 heteroatoms. The van der Waals surface area contributed by atoms with Crippen molar-refractivity contribution in [2.75, 3.05) is 0 Å². The Hall–Kier alpha value is 0.532. The minimum absolute atomic E-state index is 0.781. The van der Waals surface area contributed by atoms with Crippen LogP contribution >= 0.6 is 0 Å². The van der Waals surface area contributed by atoms with Crippen LogP contribution in [-0.4, -0.2) is 15.2 Å². The summed E-state index contributed by atoms with van der Waals surface area (Å²) in [6.07, 6.45) is 4.29. The van der Waals surface area contributed by atoms with Crippen LogP contribution in [0, 0.1) is 0 Å². The molecule has 0 aromatic heterocycles. The summed E-state index contributed by atoms with van der Waals surface area (Å²) in [6.45, 7) is 6.25. The van der Waals surface area contributed by atoms with Crippen molar-refractivity contribution < 1.29 is 0 Å². The molecule has 0 nitrogen and oxygen atoms in total. The van der Waals surface area contributed by atoms with Crippen molar-refractivity contribution in [2.45, 2.75) is 51.1 Å². The van der Waals surface area contributed by atoms with Crippen LogP contribution < -0.4 is 0 Å². The lowest BCUT2D eigenvalue weighted by atomic mass is 10.3. The number of hydrogen-bond donors (Lipinski definition) is 0. The molecule has 0 aromatic rings. The maximum Gasteiger partial charge on any atom is 0.195 e. The van der Waals surface area contributed by atoms with Crippen LogP contribution in [0.3, 0.4) is 0 Å². The SMILES string of the molecule is CC.CCCC[CH2][Al][CH3]. The Balaban J connectivity index is 0. The maximum absolute atomic E-state index is 2.33. The lowest BCUT2D eigenvalue weighted by molar-refractivity contribution is 0.769. The van der Waals surface area contributed by atoms with Crippen molar-refractivity contribution >= 4 is 15.2 Å². The Morgan fingerprint density at radius 1 is 1.11 bits per heavy atom. The monoisotopic (exact) mass is 143 g/mol. The summed E-state index contributed by atoms with van der Waals surface area (Å²) in [5.41, 5.74) is 0. The van der Waals surface area contributed by atoms with E-state index in [1.54, 1.807) is 0 Å². The van der Waals surface area contributed by atoms with Gasteiger partial charge in [-0.1, -0.05) is 40.0 Å². The van der Waals surface area contributed by atoms with E-state index in [4.69, 9.17) is 0 Å². The minimum Gasteiger partial charge on any atom is -0.115 e. The summed E-state index contributed by atoms with van der Waals surface area (Å²) >= 11 is 0.781. The molecule has 0 amide bonds. The topological polar surface area (TPSA) is 0 Å². The molecule has 9 heavy (non-hydrogen) atoms. The van der Waals surface area contributed by atoms with Gasteiger partial charge < -0.3 is 0 Å². The third-order valence-electron chi connectivity index (χ3n) is 1.10. The van der Waals surface area contributed by atoms with Crippen molar-refractivity contribution in [1.29, 1.82) is 0 Å². The first-order valence-corrected chi connectivity index (χ1v) is 6.16. The van der Waals surface area contributed by atoms with Crippen molar-refractivity contribution in [1.82, 2.24) is 0 Å². The van der Waals surface area contributed by atoms with Crippen LogP contribution in [0.1, 0.15) is 40.0 Å². The van der Waals surface area contributed by atoms with Crippen LogP contribution in [0.5, 0.6) is 0 Å². The molecule has 0 rings (SSSR count). The molecule has 0 aliphatic carbocycles. The van der Waals surface area contributed by atoms with E-state index in [0.29, 0.717) is 0 Å². The van der Waals surface area contributed by atoms with E-state index in [0.717, 1.165) is 15.2 Å². The van der Waals surface area contributed by atoms with E-state index in [2.05, 4.69) is 12.7 Å². The normalized spacial score (nSPS) is 7.56. The van der Waals surface area contributed by atoms with Crippen LogP contribution in [0.2, 0.25) is 11.1 Å². The van der Waals surface area contributed by atoms with Crippen molar-refractivity contribution in [3.05, 3.63) is 0 Å². The minimum atomic E-state index is 0.781. The van der Waals surface area contributed by atoms with Crippen LogP contribution in [0.25, 0.3) is 0 Å². The van der Waals surface area contributed by atoms with Gasteiger partial charge in [-0.25, -0.2) is 0 Å². The molecular formula is C8H20Al. The molecule has 0 saturated carbocycles. The second-order valence-corrected chi connectivity index (χ2v) is 3.30. The van der Waals surface area contributed by atoms with E-state index in [9.17, 15) is 0 Å². The van der Waals surface area contributed by atoms with Gasteiger partial charge in [0.1, 0.15) is 0 Å². The van der Waals surface area contributed by atoms with E-state index in [1.807, 2.05) is 13.8 Å². The van der Waals surface area contributed by atoms with Crippen LogP contribution in [0.4, 0.5) is 0 Å². The lowest BCUT2D eigenvalue weighted by Crippen LogP contribution is -1.79. The van der Waals surface area contributed by atoms with Crippen LogP contribution in [-0.2, 0) is 0 Å². The Morgan fingerprint density at radius 3 is 2.00 bits per heavy atom. The van der Waals surface area contributed by atoms with Crippen molar-refractivity contribution in [2.24, 2.45) is 0 Å². The molecule has 55 valence electrons. The standard InChI is InChI=1S/C5H11.C2H6.CH3.Al/c1-3-5-4-2;1-2;;/h1,3-5H2,2H3;1-2H3;1H3;. The quantitative estimate of drug-likeness (QED) is 0.418. The first-order valence-electron chi connectivity index (χ1n) is 4.19. The van der Waals surface area contributed by atoms with Gasteiger partial charge >= 0.3 is 0 Å². The van der Waals surface area contributed by atoms with E-state index in [1.165, 1.54) is 24.5 Å². The second-order valence-electron chi connectivity index (χ2n) is 1.90. The fourth-order valence-corrected chi connectivity index (χ4v) is 1.30. The van der Waals surface area contributed by atoms with E-state index >= 15 is 0 Å². The highest BCUT2D eigenvalue weighted by atomic mass is 27.1. The largest absolute Gasteiger partial charge is 0.195 e. The first-order chi connectivity index (χ1) is 4.41. The molecule has 0 bridgehead atoms. The zero-order valence-corrected chi connectivity index (χ0v) is 8.56. The van der Waals surface area contributed by atoms with Gasteiger partial charge in [-0.3, -0.25) is 0 Å². The summed E-state index contributed by atoms with van der Waals surface area (Å²) in [5.74, 6) is 2.33. The van der Waals surface area contributed by atoms with Gasteiger partial charge in [-0.2, -0.15) is 0 Å². The molecule has 0 heterocycles. The van der Waals surface area contributed by atoms with Crippen molar-refractivity contribution in [3.63, 3.8) is 0 Å². The highest BCUT2D eigenvalue weighted by molar-refractivity contribution is 6.33. The third-order valence-corrected chi connectivity index (χ3v) is 2.08. The third kappa shape index (κ3) is 17.7. The Labute approximate surface area is 66.8 Å². The zero-order valence-electron chi connectivity index (χ0n) is 7.41. The van der Waals surface area contributed by atoms with Gasteiger partial charge in [0, 0.05) is 0 Å². The van der Waals surface area contributed by atoms with E-state index in [-0.39, 0.29) is 0 Å². The average Bonchev–Trinajstić information content (AvgIpc) is 1.94. The summed E-state index contributed by atoms with van der Waals surface area (Å²) in [7, 11) is 0. The molecule has 0 atom stereocenters. The van der Waals surface area contributed by atoms with Gasteiger partial charge in [0.05, 0.1) is 0 Å². The Kier molecular flexibility index (Phi) is 21.5. The number of unbranched alkanes of at least 4 members (excludes halogenated alkanes) is 2. The molecule has 0 aromatic carbocycles. The molecule has 0 unspecified atom stereocenters. The fourth-order valence-electron chi connectivity index (χ4n) is 0.598. The smallest absolute Gasteiger partial charge is 0.115 e. The summed E-state index contributed by atoms with van der Waals surface area (Å²) < 4.78 is 0. The predicted octanol–water partition coefficient (Wildman–Crippen LogP) is 3.37. The molecule has 0 N–H and O–H groups in total. The molecule has 0 spiro atoms. The van der Waals surface area contributed by atoms with Crippen LogP contribution in [0.15, 0.2) is 0 Å². The predicted molar refractivity (Wildman–Crippen MR) is 47.3 cm³/mol. The molecule has 0 aliphatic heterocycles. The highest BCUT2D eigenvalue weighted by Crippen LogP contribution is 1.97. The summed E-state index contributed by atoms with van der Waals surface area (Å²) in [6, 6.07) is 0. The van der Waals surface area contributed by atoms with Gasteiger partial charge in [0.25, 0.3) is 0 Å². The summed E-state index contributed by atoms with van der Waals surface area (Å²) in [4.78, 5) is 0. The molecular weight excluding hydrogens is 123 g/mol. The van der Waals surface area contributed by atoms with Gasteiger partial charge in [0.15, 0.2) is 15.2 Å². The number of rotatable bonds is 4. The Morgan fingerprint density at radius 2 is 1.67 bits per heavy atom. The van der Waals surface area contributed by atoms with E-state index < -0.39 is 0 Å². The highest BCUT2D eigenvalue weighted by Gasteiger charge is 1.82.